The van der Waals surface area contributed by atoms with Gasteiger partial charge in [0.1, 0.15) is 5.15 Å². The summed E-state index contributed by atoms with van der Waals surface area (Å²) >= 11 is 6.11. The van der Waals surface area contributed by atoms with Crippen LogP contribution >= 0.6 is 11.6 Å². The first-order chi connectivity index (χ1) is 8.75. The molecule has 0 atom stereocenters. The van der Waals surface area contributed by atoms with Crippen LogP contribution in [0.5, 0.6) is 0 Å². The number of rotatable bonds is 1. The van der Waals surface area contributed by atoms with Crippen molar-refractivity contribution in [3.8, 4) is 11.1 Å². The van der Waals surface area contributed by atoms with E-state index in [1.807, 2.05) is 0 Å². The third kappa shape index (κ3) is 1.74. The minimum Gasteiger partial charge on any atom is -0.313 e. The Balaban J connectivity index is 2.34. The van der Waals surface area contributed by atoms with Crippen molar-refractivity contribution in [1.82, 2.24) is 19.9 Å². The van der Waals surface area contributed by atoms with Crippen LogP contribution in [0, 0.1) is 0 Å². The Morgan fingerprint density at radius 2 is 2.00 bits per heavy atom. The fourth-order valence-electron chi connectivity index (χ4n) is 1.71. The summed E-state index contributed by atoms with van der Waals surface area (Å²) < 4.78 is 0. The highest BCUT2D eigenvalue weighted by Crippen LogP contribution is 2.27. The topological polar surface area (TPSA) is 71.5 Å². The number of nitrogens with zero attached hydrogens (tertiary/aromatic N) is 3. The van der Waals surface area contributed by atoms with Crippen molar-refractivity contribution >= 4 is 22.6 Å². The Morgan fingerprint density at radius 3 is 2.78 bits per heavy atom. The highest BCUT2D eigenvalue weighted by molar-refractivity contribution is 6.32. The average molecular weight is 259 g/mol. The smallest absolute Gasteiger partial charge is 0.260 e. The maximum Gasteiger partial charge on any atom is 0.260 e. The van der Waals surface area contributed by atoms with E-state index < -0.39 is 0 Å². The first kappa shape index (κ1) is 10.9. The van der Waals surface area contributed by atoms with E-state index in [9.17, 15) is 4.79 Å². The number of pyridine rings is 2. The highest BCUT2D eigenvalue weighted by Gasteiger charge is 2.09. The molecule has 18 heavy (non-hydrogen) atoms. The van der Waals surface area contributed by atoms with Crippen LogP contribution in [-0.4, -0.2) is 19.9 Å². The van der Waals surface area contributed by atoms with Gasteiger partial charge in [0.05, 0.1) is 11.7 Å². The molecule has 0 unspecified atom stereocenters. The minimum atomic E-state index is -0.237. The van der Waals surface area contributed by atoms with E-state index in [0.29, 0.717) is 21.7 Å². The molecule has 0 bridgehead atoms. The quantitative estimate of drug-likeness (QED) is 0.678. The first-order valence-electron chi connectivity index (χ1n) is 5.20. The molecular formula is C12H7ClN4O. The Bertz CT molecular complexity index is 770. The van der Waals surface area contributed by atoms with Crippen molar-refractivity contribution in [2.75, 3.05) is 0 Å². The number of aromatic nitrogens is 4. The summed E-state index contributed by atoms with van der Waals surface area (Å²) in [6, 6.07) is 5.30. The van der Waals surface area contributed by atoms with Gasteiger partial charge in [-0.2, -0.15) is 0 Å². The maximum atomic E-state index is 11.7. The molecule has 5 nitrogen and oxygen atoms in total. The third-order valence-electron chi connectivity index (χ3n) is 2.57. The number of halogens is 1. The van der Waals surface area contributed by atoms with E-state index in [4.69, 9.17) is 11.6 Å². The lowest BCUT2D eigenvalue weighted by atomic mass is 10.1. The Morgan fingerprint density at radius 1 is 1.22 bits per heavy atom. The molecule has 88 valence electrons. The van der Waals surface area contributed by atoms with Gasteiger partial charge in [-0.25, -0.2) is 9.97 Å². The van der Waals surface area contributed by atoms with Crippen molar-refractivity contribution in [3.05, 3.63) is 52.4 Å². The van der Waals surface area contributed by atoms with Gasteiger partial charge in [0.15, 0.2) is 5.65 Å². The molecule has 6 heteroatoms. The van der Waals surface area contributed by atoms with Crippen LogP contribution in [0.25, 0.3) is 22.2 Å². The predicted molar refractivity (Wildman–Crippen MR) is 68.4 cm³/mol. The van der Waals surface area contributed by atoms with Crippen LogP contribution in [0.1, 0.15) is 0 Å². The van der Waals surface area contributed by atoms with Crippen molar-refractivity contribution in [3.63, 3.8) is 0 Å². The summed E-state index contributed by atoms with van der Waals surface area (Å²) in [5.41, 5.74) is 1.64. The summed E-state index contributed by atoms with van der Waals surface area (Å²) in [7, 11) is 0. The van der Waals surface area contributed by atoms with E-state index in [-0.39, 0.29) is 5.56 Å². The molecule has 0 amide bonds. The molecule has 3 aromatic heterocycles. The number of hydrogen-bond donors (Lipinski definition) is 1. The van der Waals surface area contributed by atoms with Crippen LogP contribution in [-0.2, 0) is 0 Å². The Kier molecular flexibility index (Phi) is 2.53. The maximum absolute atomic E-state index is 11.7. The van der Waals surface area contributed by atoms with E-state index in [2.05, 4.69) is 19.9 Å². The van der Waals surface area contributed by atoms with Gasteiger partial charge in [-0.1, -0.05) is 11.6 Å². The number of nitrogens with one attached hydrogen (secondary N) is 1. The fourth-order valence-corrected chi connectivity index (χ4v) is 1.95. The molecule has 0 aromatic carbocycles. The second-order valence-corrected chi connectivity index (χ2v) is 4.02. The molecule has 0 aliphatic heterocycles. The number of aromatic amines is 1. The van der Waals surface area contributed by atoms with E-state index in [0.717, 1.165) is 5.56 Å². The molecule has 3 heterocycles. The number of H-pyrrole nitrogens is 1. The van der Waals surface area contributed by atoms with Crippen molar-refractivity contribution < 1.29 is 0 Å². The first-order valence-corrected chi connectivity index (χ1v) is 5.58. The number of fused-ring (bicyclic) bond motifs is 1. The van der Waals surface area contributed by atoms with Crippen LogP contribution in [0.3, 0.4) is 0 Å². The van der Waals surface area contributed by atoms with Crippen molar-refractivity contribution in [2.45, 2.75) is 0 Å². The highest BCUT2D eigenvalue weighted by atomic mass is 35.5. The molecule has 3 aromatic rings. The van der Waals surface area contributed by atoms with Crippen LogP contribution in [0.4, 0.5) is 0 Å². The predicted octanol–water partition coefficient (Wildman–Crippen LogP) is 2.03. The van der Waals surface area contributed by atoms with Gasteiger partial charge in [-0.05, 0) is 23.8 Å². The lowest BCUT2D eigenvalue weighted by molar-refractivity contribution is 1.14. The largest absolute Gasteiger partial charge is 0.313 e. The van der Waals surface area contributed by atoms with Crippen LogP contribution in [0.2, 0.25) is 5.15 Å². The average Bonchev–Trinajstić information content (AvgIpc) is 2.39. The zero-order valence-electron chi connectivity index (χ0n) is 9.09. The number of hydrogen-bond acceptors (Lipinski definition) is 4. The molecule has 0 aliphatic carbocycles. The fraction of sp³-hybridized carbons (Fsp3) is 0. The lowest BCUT2D eigenvalue weighted by Crippen LogP contribution is -2.07. The van der Waals surface area contributed by atoms with Gasteiger partial charge in [-0.3, -0.25) is 9.78 Å². The van der Waals surface area contributed by atoms with Crippen molar-refractivity contribution in [2.24, 2.45) is 0 Å². The van der Waals surface area contributed by atoms with Gasteiger partial charge < -0.3 is 4.98 Å². The standard InChI is InChI=1S/C12H7ClN4O/c13-10-8(7-1-3-14-4-2-7)5-9-11(17-10)15-6-16-12(9)18/h1-6H,(H,15,16,17,18). The second-order valence-electron chi connectivity index (χ2n) is 3.67. The van der Waals surface area contributed by atoms with Gasteiger partial charge in [-0.15, -0.1) is 0 Å². The molecule has 0 spiro atoms. The summed E-state index contributed by atoms with van der Waals surface area (Å²) in [5.74, 6) is 0. The molecule has 3 rings (SSSR count). The molecule has 0 saturated heterocycles. The molecule has 0 saturated carbocycles. The van der Waals surface area contributed by atoms with Gasteiger partial charge in [0.2, 0.25) is 0 Å². The lowest BCUT2D eigenvalue weighted by Gasteiger charge is -2.04. The van der Waals surface area contributed by atoms with E-state index in [1.54, 1.807) is 30.6 Å². The summed E-state index contributed by atoms with van der Waals surface area (Å²) in [4.78, 5) is 26.2. The monoisotopic (exact) mass is 258 g/mol. The third-order valence-corrected chi connectivity index (χ3v) is 2.86. The van der Waals surface area contributed by atoms with Gasteiger partial charge in [0.25, 0.3) is 5.56 Å². The van der Waals surface area contributed by atoms with Gasteiger partial charge >= 0.3 is 0 Å². The zero-order valence-corrected chi connectivity index (χ0v) is 9.85. The molecule has 0 aliphatic rings. The SMILES string of the molecule is O=c1[nH]cnc2nc(Cl)c(-c3ccncc3)cc12. The van der Waals surface area contributed by atoms with E-state index in [1.165, 1.54) is 6.33 Å². The van der Waals surface area contributed by atoms with Gasteiger partial charge in [0, 0.05) is 18.0 Å². The van der Waals surface area contributed by atoms with Crippen LogP contribution < -0.4 is 5.56 Å². The molecule has 0 fully saturated rings. The summed E-state index contributed by atoms with van der Waals surface area (Å²) in [6.45, 7) is 0. The normalized spacial score (nSPS) is 10.7. The van der Waals surface area contributed by atoms with Crippen molar-refractivity contribution in [1.29, 1.82) is 0 Å². The molecule has 0 radical (unpaired) electrons. The minimum absolute atomic E-state index is 0.237. The van der Waals surface area contributed by atoms with E-state index >= 15 is 0 Å². The Labute approximate surface area is 107 Å². The summed E-state index contributed by atoms with van der Waals surface area (Å²) in [6.07, 6.45) is 4.62. The second kappa shape index (κ2) is 4.19. The molecule has 1 N–H and O–H groups in total. The molecular weight excluding hydrogens is 252 g/mol. The summed E-state index contributed by atoms with van der Waals surface area (Å²) in [5, 5.41) is 0.723. The van der Waals surface area contributed by atoms with Crippen LogP contribution in [0.15, 0.2) is 41.7 Å². The Hall–Kier alpha value is -2.27. The zero-order chi connectivity index (χ0) is 12.5.